The fourth-order valence-corrected chi connectivity index (χ4v) is 2.96. The standard InChI is InChI=1S/C18H20N2O4S/c1-14(21)16-8-10-17(11-9-16)19-18(22)13-20(25(2,23)24)12-15-6-4-3-5-7-15/h3-11H,12-13H2,1-2H3,(H,19,22). The minimum Gasteiger partial charge on any atom is -0.325 e. The van der Waals surface area contributed by atoms with E-state index in [4.69, 9.17) is 0 Å². The molecular weight excluding hydrogens is 340 g/mol. The fourth-order valence-electron chi connectivity index (χ4n) is 2.23. The van der Waals surface area contributed by atoms with E-state index in [1.807, 2.05) is 18.2 Å². The van der Waals surface area contributed by atoms with Crippen LogP contribution in [0.5, 0.6) is 0 Å². The molecule has 2 aromatic rings. The number of anilines is 1. The van der Waals surface area contributed by atoms with Gasteiger partial charge in [-0.3, -0.25) is 9.59 Å². The smallest absolute Gasteiger partial charge is 0.239 e. The first kappa shape index (κ1) is 18.8. The Morgan fingerprint density at radius 1 is 1.00 bits per heavy atom. The van der Waals surface area contributed by atoms with E-state index in [0.29, 0.717) is 11.3 Å². The van der Waals surface area contributed by atoms with E-state index in [-0.39, 0.29) is 18.9 Å². The molecule has 0 spiro atoms. The lowest BCUT2D eigenvalue weighted by Crippen LogP contribution is -2.36. The van der Waals surface area contributed by atoms with Gasteiger partial charge in [-0.15, -0.1) is 0 Å². The van der Waals surface area contributed by atoms with Crippen molar-refractivity contribution in [2.75, 3.05) is 18.1 Å². The summed E-state index contributed by atoms with van der Waals surface area (Å²) < 4.78 is 25.0. The van der Waals surface area contributed by atoms with Gasteiger partial charge in [0.1, 0.15) is 0 Å². The Kier molecular flexibility index (Phi) is 6.06. The van der Waals surface area contributed by atoms with Crippen LogP contribution < -0.4 is 5.32 Å². The Bertz CT molecular complexity index is 846. The molecule has 0 unspecified atom stereocenters. The van der Waals surface area contributed by atoms with Crippen LogP contribution in [0, 0.1) is 0 Å². The lowest BCUT2D eigenvalue weighted by Gasteiger charge is -2.19. The molecule has 2 rings (SSSR count). The molecule has 7 heteroatoms. The Labute approximate surface area is 147 Å². The van der Waals surface area contributed by atoms with Crippen molar-refractivity contribution < 1.29 is 18.0 Å². The lowest BCUT2D eigenvalue weighted by molar-refractivity contribution is -0.116. The molecule has 2 aromatic carbocycles. The first-order valence-corrected chi connectivity index (χ1v) is 9.50. The van der Waals surface area contributed by atoms with Gasteiger partial charge < -0.3 is 5.32 Å². The zero-order valence-electron chi connectivity index (χ0n) is 14.1. The molecule has 25 heavy (non-hydrogen) atoms. The van der Waals surface area contributed by atoms with Crippen molar-refractivity contribution in [2.45, 2.75) is 13.5 Å². The highest BCUT2D eigenvalue weighted by molar-refractivity contribution is 7.88. The van der Waals surface area contributed by atoms with Gasteiger partial charge in [0, 0.05) is 17.8 Å². The minimum atomic E-state index is -3.54. The van der Waals surface area contributed by atoms with Crippen molar-refractivity contribution >= 4 is 27.4 Å². The summed E-state index contributed by atoms with van der Waals surface area (Å²) in [6.45, 7) is 1.29. The molecule has 0 atom stereocenters. The molecule has 0 aliphatic carbocycles. The number of sulfonamides is 1. The number of Topliss-reactive ketones (excluding diaryl/α,β-unsaturated/α-hetero) is 1. The van der Waals surface area contributed by atoms with Gasteiger partial charge in [0.2, 0.25) is 15.9 Å². The summed E-state index contributed by atoms with van der Waals surface area (Å²) in [5.41, 5.74) is 1.84. The van der Waals surface area contributed by atoms with Crippen LogP contribution in [0.3, 0.4) is 0 Å². The number of nitrogens with one attached hydrogen (secondary N) is 1. The van der Waals surface area contributed by atoms with Crippen molar-refractivity contribution in [1.82, 2.24) is 4.31 Å². The molecule has 6 nitrogen and oxygen atoms in total. The van der Waals surface area contributed by atoms with E-state index in [1.165, 1.54) is 6.92 Å². The van der Waals surface area contributed by atoms with Gasteiger partial charge in [0.15, 0.2) is 5.78 Å². The Morgan fingerprint density at radius 2 is 1.60 bits per heavy atom. The van der Waals surface area contributed by atoms with Crippen LogP contribution in [-0.4, -0.2) is 37.2 Å². The maximum absolute atomic E-state index is 12.2. The van der Waals surface area contributed by atoms with Gasteiger partial charge in [-0.05, 0) is 36.8 Å². The molecule has 132 valence electrons. The van der Waals surface area contributed by atoms with E-state index in [0.717, 1.165) is 16.1 Å². The zero-order valence-corrected chi connectivity index (χ0v) is 14.9. The number of carbonyl (C=O) groups is 2. The SMILES string of the molecule is CC(=O)c1ccc(NC(=O)CN(Cc2ccccc2)S(C)(=O)=O)cc1. The summed E-state index contributed by atoms with van der Waals surface area (Å²) in [4.78, 5) is 23.4. The van der Waals surface area contributed by atoms with Crippen LogP contribution in [0.15, 0.2) is 54.6 Å². The largest absolute Gasteiger partial charge is 0.325 e. The average molecular weight is 360 g/mol. The molecular formula is C18H20N2O4S. The zero-order chi connectivity index (χ0) is 18.4. The maximum Gasteiger partial charge on any atom is 0.239 e. The topological polar surface area (TPSA) is 83.6 Å². The molecule has 0 aliphatic heterocycles. The number of benzene rings is 2. The summed E-state index contributed by atoms with van der Waals surface area (Å²) in [5, 5.41) is 2.64. The molecule has 0 saturated heterocycles. The van der Waals surface area contributed by atoms with Gasteiger partial charge in [0.05, 0.1) is 12.8 Å². The van der Waals surface area contributed by atoms with Crippen LogP contribution in [-0.2, 0) is 21.4 Å². The van der Waals surface area contributed by atoms with E-state index in [1.54, 1.807) is 36.4 Å². The number of ketones is 1. The van der Waals surface area contributed by atoms with Gasteiger partial charge in [0.25, 0.3) is 0 Å². The molecule has 0 heterocycles. The summed E-state index contributed by atoms with van der Waals surface area (Å²) in [6.07, 6.45) is 1.07. The predicted octanol–water partition coefficient (Wildman–Crippen LogP) is 2.29. The van der Waals surface area contributed by atoms with Gasteiger partial charge >= 0.3 is 0 Å². The molecule has 0 aliphatic rings. The normalized spacial score (nSPS) is 11.3. The van der Waals surface area contributed by atoms with E-state index >= 15 is 0 Å². The number of rotatable bonds is 7. The first-order valence-electron chi connectivity index (χ1n) is 7.65. The third-order valence-electron chi connectivity index (χ3n) is 3.57. The molecule has 1 N–H and O–H groups in total. The number of hydrogen-bond donors (Lipinski definition) is 1. The van der Waals surface area contributed by atoms with Crippen molar-refractivity contribution in [1.29, 1.82) is 0 Å². The van der Waals surface area contributed by atoms with Crippen LogP contribution in [0.2, 0.25) is 0 Å². The number of nitrogens with zero attached hydrogens (tertiary/aromatic N) is 1. The van der Waals surface area contributed by atoms with Crippen molar-refractivity contribution in [3.05, 3.63) is 65.7 Å². The Balaban J connectivity index is 2.05. The quantitative estimate of drug-likeness (QED) is 0.768. The molecule has 1 amide bonds. The molecule has 0 radical (unpaired) electrons. The molecule has 0 bridgehead atoms. The third-order valence-corrected chi connectivity index (χ3v) is 4.76. The Morgan fingerprint density at radius 3 is 2.12 bits per heavy atom. The fraction of sp³-hybridized carbons (Fsp3) is 0.222. The van der Waals surface area contributed by atoms with Crippen LogP contribution in [0.1, 0.15) is 22.8 Å². The number of carbonyl (C=O) groups excluding carboxylic acids is 2. The average Bonchev–Trinajstić information content (AvgIpc) is 2.55. The number of hydrogen-bond acceptors (Lipinski definition) is 4. The Hall–Kier alpha value is -2.51. The maximum atomic E-state index is 12.2. The lowest BCUT2D eigenvalue weighted by atomic mass is 10.1. The molecule has 0 fully saturated rings. The molecule has 0 aromatic heterocycles. The van der Waals surface area contributed by atoms with Crippen molar-refractivity contribution in [3.63, 3.8) is 0 Å². The summed E-state index contributed by atoms with van der Waals surface area (Å²) in [6, 6.07) is 15.5. The van der Waals surface area contributed by atoms with E-state index in [9.17, 15) is 18.0 Å². The highest BCUT2D eigenvalue weighted by Gasteiger charge is 2.20. The van der Waals surface area contributed by atoms with Crippen LogP contribution >= 0.6 is 0 Å². The summed E-state index contributed by atoms with van der Waals surface area (Å²) >= 11 is 0. The highest BCUT2D eigenvalue weighted by Crippen LogP contribution is 2.12. The second-order valence-electron chi connectivity index (χ2n) is 5.70. The van der Waals surface area contributed by atoms with Crippen LogP contribution in [0.4, 0.5) is 5.69 Å². The number of amides is 1. The van der Waals surface area contributed by atoms with Gasteiger partial charge in [-0.1, -0.05) is 30.3 Å². The predicted molar refractivity (Wildman–Crippen MR) is 96.8 cm³/mol. The third kappa shape index (κ3) is 5.81. The summed E-state index contributed by atoms with van der Waals surface area (Å²) in [5.74, 6) is -0.513. The first-order chi connectivity index (χ1) is 11.8. The highest BCUT2D eigenvalue weighted by atomic mass is 32.2. The summed E-state index contributed by atoms with van der Waals surface area (Å²) in [7, 11) is -3.54. The monoisotopic (exact) mass is 360 g/mol. The van der Waals surface area contributed by atoms with E-state index < -0.39 is 15.9 Å². The molecule has 0 saturated carbocycles. The van der Waals surface area contributed by atoms with Crippen LogP contribution in [0.25, 0.3) is 0 Å². The van der Waals surface area contributed by atoms with Crippen molar-refractivity contribution in [3.8, 4) is 0 Å². The second kappa shape index (κ2) is 8.04. The van der Waals surface area contributed by atoms with E-state index in [2.05, 4.69) is 5.32 Å². The second-order valence-corrected chi connectivity index (χ2v) is 7.68. The van der Waals surface area contributed by atoms with Crippen molar-refractivity contribution in [2.24, 2.45) is 0 Å². The van der Waals surface area contributed by atoms with Gasteiger partial charge in [-0.2, -0.15) is 4.31 Å². The van der Waals surface area contributed by atoms with Gasteiger partial charge in [-0.25, -0.2) is 8.42 Å². The minimum absolute atomic E-state index is 0.0658.